The maximum absolute atomic E-state index is 11.9. The van der Waals surface area contributed by atoms with Gasteiger partial charge in [-0.25, -0.2) is 0 Å². The molecule has 1 aliphatic heterocycles. The smallest absolute Gasteiger partial charge is 0.220 e. The van der Waals surface area contributed by atoms with E-state index < -0.39 is 0 Å². The van der Waals surface area contributed by atoms with Crippen LogP contribution in [0.5, 0.6) is 0 Å². The average Bonchev–Trinajstić information content (AvgIpc) is 2.98. The zero-order valence-electron chi connectivity index (χ0n) is 12.7. The Bertz CT molecular complexity index is 438. The summed E-state index contributed by atoms with van der Waals surface area (Å²) in [5.41, 5.74) is 2.44. The van der Waals surface area contributed by atoms with Gasteiger partial charge in [0.15, 0.2) is 0 Å². The predicted octanol–water partition coefficient (Wildman–Crippen LogP) is 2.88. The molecule has 0 bridgehead atoms. The first-order valence-corrected chi connectivity index (χ1v) is 7.72. The first-order chi connectivity index (χ1) is 9.66. The Labute approximate surface area is 122 Å². The number of likely N-dealkylation sites (tertiary alicyclic amines) is 1. The lowest BCUT2D eigenvalue weighted by molar-refractivity contribution is -0.121. The van der Waals surface area contributed by atoms with Gasteiger partial charge >= 0.3 is 0 Å². The molecule has 0 radical (unpaired) electrons. The van der Waals surface area contributed by atoms with Gasteiger partial charge in [-0.2, -0.15) is 0 Å². The SMILES string of the molecule is Cc1ccccc1CNC(=O)CC[C@H](C)N1CCCC1. The van der Waals surface area contributed by atoms with Crippen LogP contribution in [0.4, 0.5) is 0 Å². The van der Waals surface area contributed by atoms with Crippen molar-refractivity contribution >= 4 is 5.91 Å². The van der Waals surface area contributed by atoms with Crippen LogP contribution in [0, 0.1) is 6.92 Å². The van der Waals surface area contributed by atoms with E-state index in [0.717, 1.165) is 6.42 Å². The fourth-order valence-electron chi connectivity index (χ4n) is 2.80. The number of nitrogens with one attached hydrogen (secondary N) is 1. The second kappa shape index (κ2) is 7.44. The minimum Gasteiger partial charge on any atom is -0.352 e. The van der Waals surface area contributed by atoms with Gasteiger partial charge < -0.3 is 10.2 Å². The van der Waals surface area contributed by atoms with E-state index in [4.69, 9.17) is 0 Å². The number of aryl methyl sites for hydroxylation is 1. The molecule has 110 valence electrons. The van der Waals surface area contributed by atoms with E-state index in [1.165, 1.54) is 37.1 Å². The third-order valence-electron chi connectivity index (χ3n) is 4.29. The average molecular weight is 274 g/mol. The van der Waals surface area contributed by atoms with E-state index in [2.05, 4.69) is 36.2 Å². The summed E-state index contributed by atoms with van der Waals surface area (Å²) in [5, 5.41) is 3.03. The summed E-state index contributed by atoms with van der Waals surface area (Å²) < 4.78 is 0. The van der Waals surface area contributed by atoms with Gasteiger partial charge in [0.1, 0.15) is 0 Å². The number of hydrogen-bond acceptors (Lipinski definition) is 2. The fourth-order valence-corrected chi connectivity index (χ4v) is 2.80. The Hall–Kier alpha value is -1.35. The topological polar surface area (TPSA) is 32.3 Å². The molecule has 1 atom stereocenters. The summed E-state index contributed by atoms with van der Waals surface area (Å²) in [7, 11) is 0. The molecule has 0 aromatic heterocycles. The molecular weight excluding hydrogens is 248 g/mol. The molecule has 2 rings (SSSR count). The fraction of sp³-hybridized carbons (Fsp3) is 0.588. The van der Waals surface area contributed by atoms with Gasteiger partial charge in [0.25, 0.3) is 0 Å². The number of carbonyl (C=O) groups excluding carboxylic acids is 1. The molecule has 1 heterocycles. The van der Waals surface area contributed by atoms with Crippen molar-refractivity contribution in [1.82, 2.24) is 10.2 Å². The molecule has 1 saturated heterocycles. The highest BCUT2D eigenvalue weighted by Gasteiger charge is 2.18. The monoisotopic (exact) mass is 274 g/mol. The number of amides is 1. The summed E-state index contributed by atoms with van der Waals surface area (Å²) in [6.45, 7) is 7.36. The zero-order chi connectivity index (χ0) is 14.4. The van der Waals surface area contributed by atoms with Crippen LogP contribution in [0.25, 0.3) is 0 Å². The molecule has 1 fully saturated rings. The van der Waals surface area contributed by atoms with Crippen LogP contribution >= 0.6 is 0 Å². The van der Waals surface area contributed by atoms with Crippen LogP contribution in [0.2, 0.25) is 0 Å². The molecule has 3 nitrogen and oxygen atoms in total. The van der Waals surface area contributed by atoms with E-state index in [1.807, 2.05) is 12.1 Å². The molecule has 0 saturated carbocycles. The normalized spacial score (nSPS) is 17.1. The van der Waals surface area contributed by atoms with Gasteiger partial charge in [-0.15, -0.1) is 0 Å². The molecule has 1 aliphatic rings. The van der Waals surface area contributed by atoms with Crippen LogP contribution in [-0.2, 0) is 11.3 Å². The van der Waals surface area contributed by atoms with Crippen molar-refractivity contribution in [3.8, 4) is 0 Å². The molecule has 20 heavy (non-hydrogen) atoms. The van der Waals surface area contributed by atoms with Gasteiger partial charge in [0, 0.05) is 19.0 Å². The van der Waals surface area contributed by atoms with Crippen LogP contribution in [-0.4, -0.2) is 29.9 Å². The molecule has 1 aromatic rings. The van der Waals surface area contributed by atoms with Crippen molar-refractivity contribution in [2.75, 3.05) is 13.1 Å². The van der Waals surface area contributed by atoms with Crippen LogP contribution in [0.1, 0.15) is 43.7 Å². The summed E-state index contributed by atoms with van der Waals surface area (Å²) in [4.78, 5) is 14.4. The Balaban J connectivity index is 1.69. The largest absolute Gasteiger partial charge is 0.352 e. The molecule has 1 aromatic carbocycles. The van der Waals surface area contributed by atoms with Crippen LogP contribution < -0.4 is 5.32 Å². The lowest BCUT2D eigenvalue weighted by Crippen LogP contribution is -2.32. The predicted molar refractivity (Wildman–Crippen MR) is 82.5 cm³/mol. The summed E-state index contributed by atoms with van der Waals surface area (Å²) >= 11 is 0. The number of rotatable bonds is 6. The maximum Gasteiger partial charge on any atom is 0.220 e. The molecule has 0 spiro atoms. The molecular formula is C17H26N2O. The second-order valence-electron chi connectivity index (χ2n) is 5.83. The Morgan fingerprint density at radius 2 is 2.00 bits per heavy atom. The quantitative estimate of drug-likeness (QED) is 0.865. The lowest BCUT2D eigenvalue weighted by Gasteiger charge is -2.23. The lowest BCUT2D eigenvalue weighted by atomic mass is 10.1. The standard InChI is InChI=1S/C17H26N2O/c1-14-7-3-4-8-16(14)13-18-17(20)10-9-15(2)19-11-5-6-12-19/h3-4,7-8,15H,5-6,9-13H2,1-2H3,(H,18,20)/t15-/m0/s1. The minimum absolute atomic E-state index is 0.166. The highest BCUT2D eigenvalue weighted by atomic mass is 16.1. The van der Waals surface area contributed by atoms with E-state index in [9.17, 15) is 4.79 Å². The van der Waals surface area contributed by atoms with Crippen molar-refractivity contribution in [2.45, 2.75) is 52.1 Å². The third-order valence-corrected chi connectivity index (χ3v) is 4.29. The third kappa shape index (κ3) is 4.34. The Kier molecular flexibility index (Phi) is 5.60. The van der Waals surface area contributed by atoms with E-state index >= 15 is 0 Å². The molecule has 3 heteroatoms. The second-order valence-corrected chi connectivity index (χ2v) is 5.83. The van der Waals surface area contributed by atoms with Crippen molar-refractivity contribution in [2.24, 2.45) is 0 Å². The van der Waals surface area contributed by atoms with Crippen molar-refractivity contribution in [3.05, 3.63) is 35.4 Å². The van der Waals surface area contributed by atoms with Crippen LogP contribution in [0.3, 0.4) is 0 Å². The Morgan fingerprint density at radius 3 is 2.70 bits per heavy atom. The first-order valence-electron chi connectivity index (χ1n) is 7.72. The van der Waals surface area contributed by atoms with E-state index in [0.29, 0.717) is 19.0 Å². The highest BCUT2D eigenvalue weighted by molar-refractivity contribution is 5.75. The van der Waals surface area contributed by atoms with Gasteiger partial charge in [0.05, 0.1) is 0 Å². The number of hydrogen-bond donors (Lipinski definition) is 1. The molecule has 0 aliphatic carbocycles. The number of nitrogens with zero attached hydrogens (tertiary/aromatic N) is 1. The van der Waals surface area contributed by atoms with Gasteiger partial charge in [-0.05, 0) is 57.3 Å². The van der Waals surface area contributed by atoms with E-state index in [1.54, 1.807) is 0 Å². The van der Waals surface area contributed by atoms with Gasteiger partial charge in [-0.1, -0.05) is 24.3 Å². The van der Waals surface area contributed by atoms with Crippen molar-refractivity contribution < 1.29 is 4.79 Å². The van der Waals surface area contributed by atoms with Crippen molar-refractivity contribution in [3.63, 3.8) is 0 Å². The zero-order valence-corrected chi connectivity index (χ0v) is 12.7. The first kappa shape index (κ1) is 15.0. The number of benzene rings is 1. The van der Waals surface area contributed by atoms with Crippen LogP contribution in [0.15, 0.2) is 24.3 Å². The Morgan fingerprint density at radius 1 is 1.30 bits per heavy atom. The van der Waals surface area contributed by atoms with Gasteiger partial charge in [-0.3, -0.25) is 4.79 Å². The van der Waals surface area contributed by atoms with E-state index in [-0.39, 0.29) is 5.91 Å². The molecule has 1 amide bonds. The maximum atomic E-state index is 11.9. The summed E-state index contributed by atoms with van der Waals surface area (Å²) in [6.07, 6.45) is 4.21. The summed E-state index contributed by atoms with van der Waals surface area (Å²) in [5.74, 6) is 0.166. The van der Waals surface area contributed by atoms with Crippen molar-refractivity contribution in [1.29, 1.82) is 0 Å². The molecule has 1 N–H and O–H groups in total. The number of carbonyl (C=O) groups is 1. The highest BCUT2D eigenvalue weighted by Crippen LogP contribution is 2.15. The summed E-state index contributed by atoms with van der Waals surface area (Å²) in [6, 6.07) is 8.73. The van der Waals surface area contributed by atoms with Gasteiger partial charge in [0.2, 0.25) is 5.91 Å². The molecule has 0 unspecified atom stereocenters. The minimum atomic E-state index is 0.166.